The van der Waals surface area contributed by atoms with Crippen LogP contribution in [0.4, 0.5) is 13.2 Å². The van der Waals surface area contributed by atoms with Gasteiger partial charge in [0.2, 0.25) is 0 Å². The zero-order valence-electron chi connectivity index (χ0n) is 9.26. The van der Waals surface area contributed by atoms with E-state index >= 15 is 0 Å². The Bertz CT molecular complexity index is 467. The highest BCUT2D eigenvalue weighted by Crippen LogP contribution is 2.41. The molecule has 18 heavy (non-hydrogen) atoms. The maximum absolute atomic E-state index is 12.9. The predicted molar refractivity (Wildman–Crippen MR) is 62.8 cm³/mol. The average molecular weight is 323 g/mol. The Morgan fingerprint density at radius 1 is 1.39 bits per heavy atom. The van der Waals surface area contributed by atoms with Gasteiger partial charge in [-0.1, -0.05) is 15.9 Å². The van der Waals surface area contributed by atoms with E-state index in [-0.39, 0.29) is 22.4 Å². The number of carbonyl (C=O) groups is 1. The van der Waals surface area contributed by atoms with Gasteiger partial charge in [-0.05, 0) is 30.9 Å². The van der Waals surface area contributed by atoms with Crippen LogP contribution in [0.1, 0.15) is 28.8 Å². The largest absolute Gasteiger partial charge is 0.492 e. The highest BCUT2D eigenvalue weighted by atomic mass is 79.9. The molecule has 0 atom stereocenters. The van der Waals surface area contributed by atoms with Crippen LogP contribution in [0.3, 0.4) is 0 Å². The molecule has 1 aromatic carbocycles. The molecule has 1 fully saturated rings. The molecular formula is C12H10BrF3O2. The van der Waals surface area contributed by atoms with Gasteiger partial charge in [-0.15, -0.1) is 0 Å². The number of alkyl halides is 3. The van der Waals surface area contributed by atoms with Gasteiger partial charge in [0.1, 0.15) is 5.75 Å². The van der Waals surface area contributed by atoms with E-state index in [4.69, 9.17) is 4.74 Å². The van der Waals surface area contributed by atoms with Crippen molar-refractivity contribution in [3.8, 4) is 5.75 Å². The van der Waals surface area contributed by atoms with Crippen LogP contribution in [0.5, 0.6) is 5.75 Å². The third-order valence-electron chi connectivity index (χ3n) is 2.68. The minimum atomic E-state index is -4.54. The molecule has 1 aliphatic rings. The molecule has 98 valence electrons. The van der Waals surface area contributed by atoms with Crippen LogP contribution < -0.4 is 4.74 Å². The van der Waals surface area contributed by atoms with Crippen molar-refractivity contribution >= 4 is 22.2 Å². The van der Waals surface area contributed by atoms with Gasteiger partial charge in [0.15, 0.2) is 6.29 Å². The summed E-state index contributed by atoms with van der Waals surface area (Å²) in [7, 11) is 0. The van der Waals surface area contributed by atoms with Crippen LogP contribution >= 0.6 is 15.9 Å². The van der Waals surface area contributed by atoms with E-state index < -0.39 is 11.7 Å². The fourth-order valence-corrected chi connectivity index (χ4v) is 2.04. The Balaban J connectivity index is 2.39. The predicted octanol–water partition coefficient (Wildman–Crippen LogP) is 4.07. The zero-order chi connectivity index (χ0) is 13.3. The fourth-order valence-electron chi connectivity index (χ4n) is 1.56. The quantitative estimate of drug-likeness (QED) is 0.781. The molecule has 0 aliphatic heterocycles. The summed E-state index contributed by atoms with van der Waals surface area (Å²) in [5.41, 5.74) is -1.00. The molecule has 0 unspecified atom stereocenters. The highest BCUT2D eigenvalue weighted by Gasteiger charge is 2.36. The van der Waals surface area contributed by atoms with Crippen LogP contribution in [0.25, 0.3) is 0 Å². The second-order valence-electron chi connectivity index (χ2n) is 4.24. The first-order valence-corrected chi connectivity index (χ1v) is 6.20. The zero-order valence-corrected chi connectivity index (χ0v) is 10.8. The van der Waals surface area contributed by atoms with Crippen molar-refractivity contribution in [1.82, 2.24) is 0 Å². The molecule has 0 amide bonds. The van der Waals surface area contributed by atoms with Crippen LogP contribution in [0.2, 0.25) is 0 Å². The second kappa shape index (κ2) is 4.91. The third kappa shape index (κ3) is 3.04. The monoisotopic (exact) mass is 322 g/mol. The molecule has 0 aromatic heterocycles. The normalized spacial score (nSPS) is 15.6. The lowest BCUT2D eigenvalue weighted by molar-refractivity contribution is -0.139. The first-order chi connectivity index (χ1) is 8.41. The Labute approximate surface area is 110 Å². The summed E-state index contributed by atoms with van der Waals surface area (Å²) in [5.74, 6) is -0.0539. The third-order valence-corrected chi connectivity index (χ3v) is 3.13. The van der Waals surface area contributed by atoms with Crippen molar-refractivity contribution in [2.24, 2.45) is 5.92 Å². The summed E-state index contributed by atoms with van der Waals surface area (Å²) in [6.07, 6.45) is -2.23. The van der Waals surface area contributed by atoms with Crippen molar-refractivity contribution in [1.29, 1.82) is 0 Å². The summed E-state index contributed by atoms with van der Waals surface area (Å²) < 4.78 is 44.0. The number of aldehydes is 1. The number of benzene rings is 1. The van der Waals surface area contributed by atoms with Gasteiger partial charge in [0.05, 0.1) is 17.7 Å². The van der Waals surface area contributed by atoms with E-state index in [9.17, 15) is 18.0 Å². The smallest absolute Gasteiger partial charge is 0.420 e. The minimum absolute atomic E-state index is 0.0858. The Kier molecular flexibility index (Phi) is 3.66. The number of carbonyl (C=O) groups excluding carboxylic acids is 1. The molecule has 0 saturated heterocycles. The van der Waals surface area contributed by atoms with Crippen molar-refractivity contribution in [2.45, 2.75) is 19.0 Å². The molecule has 0 N–H and O–H groups in total. The molecule has 1 saturated carbocycles. The maximum atomic E-state index is 12.9. The average Bonchev–Trinajstić information content (AvgIpc) is 3.08. The lowest BCUT2D eigenvalue weighted by Gasteiger charge is -2.16. The standard InChI is InChI=1S/C12H10BrF3O2/c13-9-3-8(5-17)11(18-6-7-1-2-7)10(4-9)12(14,15)16/h3-5,7H,1-2,6H2. The molecule has 6 heteroatoms. The first-order valence-electron chi connectivity index (χ1n) is 5.40. The maximum Gasteiger partial charge on any atom is 0.420 e. The van der Waals surface area contributed by atoms with Crippen LogP contribution in [-0.2, 0) is 6.18 Å². The van der Waals surface area contributed by atoms with Gasteiger partial charge in [-0.25, -0.2) is 0 Å². The van der Waals surface area contributed by atoms with E-state index in [1.807, 2.05) is 0 Å². The molecule has 0 spiro atoms. The molecular weight excluding hydrogens is 313 g/mol. The lowest BCUT2D eigenvalue weighted by atomic mass is 10.1. The van der Waals surface area contributed by atoms with Crippen LogP contribution in [0, 0.1) is 5.92 Å². The Morgan fingerprint density at radius 2 is 2.06 bits per heavy atom. The van der Waals surface area contributed by atoms with Gasteiger partial charge in [0.25, 0.3) is 0 Å². The highest BCUT2D eigenvalue weighted by molar-refractivity contribution is 9.10. The summed E-state index contributed by atoms with van der Waals surface area (Å²) in [6, 6.07) is 2.25. The van der Waals surface area contributed by atoms with E-state index in [1.165, 1.54) is 6.07 Å². The Hall–Kier alpha value is -1.04. The van der Waals surface area contributed by atoms with Crippen LogP contribution in [0.15, 0.2) is 16.6 Å². The summed E-state index contributed by atoms with van der Waals surface area (Å²) in [4.78, 5) is 10.9. The van der Waals surface area contributed by atoms with Gasteiger partial charge in [-0.3, -0.25) is 4.79 Å². The number of rotatable bonds is 4. The fraction of sp³-hybridized carbons (Fsp3) is 0.417. The lowest BCUT2D eigenvalue weighted by Crippen LogP contribution is -2.12. The SMILES string of the molecule is O=Cc1cc(Br)cc(C(F)(F)F)c1OCC1CC1. The number of halogens is 4. The second-order valence-corrected chi connectivity index (χ2v) is 5.16. The minimum Gasteiger partial charge on any atom is -0.492 e. The number of hydrogen-bond donors (Lipinski definition) is 0. The van der Waals surface area contributed by atoms with Gasteiger partial charge in [0, 0.05) is 4.47 Å². The summed E-state index contributed by atoms with van der Waals surface area (Å²) in [5, 5.41) is 0. The van der Waals surface area contributed by atoms with Gasteiger partial charge in [-0.2, -0.15) is 13.2 Å². The van der Waals surface area contributed by atoms with Crippen molar-refractivity contribution < 1.29 is 22.7 Å². The Morgan fingerprint density at radius 3 is 2.56 bits per heavy atom. The molecule has 1 aliphatic carbocycles. The van der Waals surface area contributed by atoms with Crippen molar-refractivity contribution in [3.63, 3.8) is 0 Å². The molecule has 2 rings (SSSR count). The van der Waals surface area contributed by atoms with Crippen LogP contribution in [-0.4, -0.2) is 12.9 Å². The molecule has 1 aromatic rings. The number of ether oxygens (including phenoxy) is 1. The number of hydrogen-bond acceptors (Lipinski definition) is 2. The van der Waals surface area contributed by atoms with Crippen molar-refractivity contribution in [3.05, 3.63) is 27.7 Å². The summed E-state index contributed by atoms with van der Waals surface area (Å²) in [6.45, 7) is 0.228. The van der Waals surface area contributed by atoms with Gasteiger partial charge < -0.3 is 4.74 Å². The molecule has 2 nitrogen and oxygen atoms in total. The van der Waals surface area contributed by atoms with E-state index in [2.05, 4.69) is 15.9 Å². The van der Waals surface area contributed by atoms with E-state index in [1.54, 1.807) is 0 Å². The first kappa shape index (κ1) is 13.4. The van der Waals surface area contributed by atoms with Crippen molar-refractivity contribution in [2.75, 3.05) is 6.61 Å². The van der Waals surface area contributed by atoms with E-state index in [0.29, 0.717) is 12.2 Å². The topological polar surface area (TPSA) is 26.3 Å². The molecule has 0 radical (unpaired) electrons. The van der Waals surface area contributed by atoms with E-state index in [0.717, 1.165) is 18.9 Å². The molecule has 0 bridgehead atoms. The summed E-state index contributed by atoms with van der Waals surface area (Å²) >= 11 is 2.96. The van der Waals surface area contributed by atoms with Gasteiger partial charge >= 0.3 is 6.18 Å². The molecule has 0 heterocycles.